The highest BCUT2D eigenvalue weighted by molar-refractivity contribution is 7.92. The van der Waals surface area contributed by atoms with Crippen LogP contribution in [0, 0.1) is 0 Å². The van der Waals surface area contributed by atoms with Gasteiger partial charge < -0.3 is 5.32 Å². The van der Waals surface area contributed by atoms with Crippen LogP contribution in [0.25, 0.3) is 0 Å². The number of carbonyl (C=O) groups is 1. The molecular formula is C16H11Cl3N4O3S. The first-order chi connectivity index (χ1) is 12.8. The van der Waals surface area contributed by atoms with E-state index < -0.39 is 15.9 Å². The predicted molar refractivity (Wildman–Crippen MR) is 105 cm³/mol. The van der Waals surface area contributed by atoms with Crippen LogP contribution in [-0.4, -0.2) is 24.5 Å². The topological polar surface area (TPSA) is 104 Å². The normalized spacial score (nSPS) is 11.2. The number of nitrogens with zero attached hydrogens (tertiary/aromatic N) is 1. The Morgan fingerprint density at radius 3 is 2.30 bits per heavy atom. The molecule has 0 aliphatic heterocycles. The van der Waals surface area contributed by atoms with Gasteiger partial charge in [0.25, 0.3) is 15.9 Å². The summed E-state index contributed by atoms with van der Waals surface area (Å²) >= 11 is 17.5. The van der Waals surface area contributed by atoms with Crippen molar-refractivity contribution >= 4 is 62.1 Å². The van der Waals surface area contributed by atoms with Crippen LogP contribution in [0.4, 0.5) is 11.4 Å². The molecule has 1 amide bonds. The second kappa shape index (κ2) is 7.77. The lowest BCUT2D eigenvalue weighted by Crippen LogP contribution is -2.19. The van der Waals surface area contributed by atoms with Gasteiger partial charge in [-0.1, -0.05) is 34.8 Å². The first-order valence-corrected chi connectivity index (χ1v) is 9.96. The zero-order chi connectivity index (χ0) is 19.6. The lowest BCUT2D eigenvalue weighted by Gasteiger charge is -2.09. The third-order valence-corrected chi connectivity index (χ3v) is 5.74. The van der Waals surface area contributed by atoms with Gasteiger partial charge in [0.1, 0.15) is 0 Å². The molecule has 0 aliphatic carbocycles. The van der Waals surface area contributed by atoms with Crippen LogP contribution in [-0.2, 0) is 10.0 Å². The Balaban J connectivity index is 1.84. The quantitative estimate of drug-likeness (QED) is 0.540. The third-order valence-electron chi connectivity index (χ3n) is 3.39. The van der Waals surface area contributed by atoms with E-state index in [1.807, 2.05) is 0 Å². The van der Waals surface area contributed by atoms with Crippen LogP contribution in [0.2, 0.25) is 15.1 Å². The molecule has 0 atom stereocenters. The van der Waals surface area contributed by atoms with E-state index in [1.54, 1.807) is 0 Å². The number of anilines is 2. The van der Waals surface area contributed by atoms with E-state index in [-0.39, 0.29) is 21.3 Å². The summed E-state index contributed by atoms with van der Waals surface area (Å²) in [7, 11) is -4.08. The minimum Gasteiger partial charge on any atom is -0.322 e. The number of rotatable bonds is 5. The molecule has 0 fully saturated rings. The number of nitrogens with one attached hydrogen (secondary N) is 3. The van der Waals surface area contributed by atoms with Crippen molar-refractivity contribution in [2.45, 2.75) is 5.03 Å². The predicted octanol–water partition coefficient (Wildman–Crippen LogP) is 4.42. The van der Waals surface area contributed by atoms with Crippen molar-refractivity contribution in [3.63, 3.8) is 0 Å². The smallest absolute Gasteiger partial charge is 0.279 e. The molecule has 3 rings (SSSR count). The lowest BCUT2D eigenvalue weighted by molar-refractivity contribution is 0.102. The van der Waals surface area contributed by atoms with Crippen molar-refractivity contribution in [1.29, 1.82) is 0 Å². The van der Waals surface area contributed by atoms with Gasteiger partial charge >= 0.3 is 0 Å². The summed E-state index contributed by atoms with van der Waals surface area (Å²) in [6.07, 6.45) is 1.11. The molecule has 11 heteroatoms. The van der Waals surface area contributed by atoms with Crippen molar-refractivity contribution < 1.29 is 13.2 Å². The van der Waals surface area contributed by atoms with Gasteiger partial charge in [-0.2, -0.15) is 13.5 Å². The molecule has 3 N–H and O–H groups in total. The van der Waals surface area contributed by atoms with Crippen LogP contribution < -0.4 is 10.0 Å². The van der Waals surface area contributed by atoms with Gasteiger partial charge in [0.05, 0.1) is 21.8 Å². The summed E-state index contributed by atoms with van der Waals surface area (Å²) in [5.41, 5.74) is 0.469. The number of carbonyl (C=O) groups excluding carboxylic acids is 1. The van der Waals surface area contributed by atoms with Gasteiger partial charge in [0, 0.05) is 16.4 Å². The lowest BCUT2D eigenvalue weighted by atomic mass is 10.3. The molecule has 0 saturated carbocycles. The molecule has 1 aromatic heterocycles. The van der Waals surface area contributed by atoms with Crippen LogP contribution >= 0.6 is 34.8 Å². The Hall–Kier alpha value is -2.26. The molecule has 0 bridgehead atoms. The zero-order valence-electron chi connectivity index (χ0n) is 13.3. The summed E-state index contributed by atoms with van der Waals surface area (Å²) in [5, 5.41) is 9.20. The summed E-state index contributed by atoms with van der Waals surface area (Å²) < 4.78 is 27.5. The average Bonchev–Trinajstić information content (AvgIpc) is 3.11. The largest absolute Gasteiger partial charge is 0.322 e. The SMILES string of the molecule is O=C(Nc1ccc(Cl)c(Cl)c1)c1cn[nH]c1S(=O)(=O)Nc1ccc(Cl)cc1. The number of aromatic amines is 1. The van der Waals surface area contributed by atoms with Crippen molar-refractivity contribution in [3.05, 3.63) is 69.3 Å². The maximum absolute atomic E-state index is 12.6. The van der Waals surface area contributed by atoms with Crippen LogP contribution in [0.3, 0.4) is 0 Å². The maximum atomic E-state index is 12.6. The molecule has 0 spiro atoms. The Morgan fingerprint density at radius 2 is 1.63 bits per heavy atom. The molecule has 0 unspecified atom stereocenters. The number of aromatic nitrogens is 2. The first-order valence-electron chi connectivity index (χ1n) is 7.34. The number of H-pyrrole nitrogens is 1. The minimum atomic E-state index is -4.08. The number of halogens is 3. The van der Waals surface area contributed by atoms with E-state index in [0.29, 0.717) is 15.7 Å². The highest BCUT2D eigenvalue weighted by atomic mass is 35.5. The van der Waals surface area contributed by atoms with E-state index in [0.717, 1.165) is 6.20 Å². The summed E-state index contributed by atoms with van der Waals surface area (Å²) in [6, 6.07) is 10.5. The number of amides is 1. The van der Waals surface area contributed by atoms with Crippen molar-refractivity contribution in [2.75, 3.05) is 10.0 Å². The van der Waals surface area contributed by atoms with Gasteiger partial charge in [-0.15, -0.1) is 0 Å². The molecular weight excluding hydrogens is 435 g/mol. The van der Waals surface area contributed by atoms with Crippen molar-refractivity contribution in [2.24, 2.45) is 0 Å². The van der Waals surface area contributed by atoms with Crippen LogP contribution in [0.5, 0.6) is 0 Å². The third kappa shape index (κ3) is 4.54. The fraction of sp³-hybridized carbons (Fsp3) is 0. The zero-order valence-corrected chi connectivity index (χ0v) is 16.4. The number of hydrogen-bond acceptors (Lipinski definition) is 4. The average molecular weight is 446 g/mol. The molecule has 27 heavy (non-hydrogen) atoms. The molecule has 7 nitrogen and oxygen atoms in total. The summed E-state index contributed by atoms with van der Waals surface area (Å²) in [6.45, 7) is 0. The number of hydrogen-bond donors (Lipinski definition) is 3. The highest BCUT2D eigenvalue weighted by Crippen LogP contribution is 2.26. The van der Waals surface area contributed by atoms with E-state index in [2.05, 4.69) is 20.2 Å². The molecule has 140 valence electrons. The molecule has 0 saturated heterocycles. The number of sulfonamides is 1. The van der Waals surface area contributed by atoms with Gasteiger partial charge in [-0.3, -0.25) is 14.6 Å². The van der Waals surface area contributed by atoms with Gasteiger partial charge in [0.15, 0.2) is 5.03 Å². The van der Waals surface area contributed by atoms with E-state index >= 15 is 0 Å². The maximum Gasteiger partial charge on any atom is 0.279 e. The minimum absolute atomic E-state index is 0.164. The molecule has 1 heterocycles. The monoisotopic (exact) mass is 444 g/mol. The first kappa shape index (κ1) is 19.5. The van der Waals surface area contributed by atoms with Crippen molar-refractivity contribution in [1.82, 2.24) is 10.2 Å². The Kier molecular flexibility index (Phi) is 5.61. The van der Waals surface area contributed by atoms with E-state index in [9.17, 15) is 13.2 Å². The van der Waals surface area contributed by atoms with Crippen LogP contribution in [0.15, 0.2) is 53.7 Å². The molecule has 2 aromatic carbocycles. The van der Waals surface area contributed by atoms with Crippen LogP contribution in [0.1, 0.15) is 10.4 Å². The van der Waals surface area contributed by atoms with Gasteiger partial charge in [-0.25, -0.2) is 0 Å². The van der Waals surface area contributed by atoms with Crippen molar-refractivity contribution in [3.8, 4) is 0 Å². The molecule has 0 aliphatic rings. The molecule has 3 aromatic rings. The Labute approximate surface area is 169 Å². The fourth-order valence-corrected chi connectivity index (χ4v) is 3.72. The fourth-order valence-electron chi connectivity index (χ4n) is 2.14. The van der Waals surface area contributed by atoms with Gasteiger partial charge in [0.2, 0.25) is 0 Å². The highest BCUT2D eigenvalue weighted by Gasteiger charge is 2.25. The second-order valence-corrected chi connectivity index (χ2v) is 8.18. The Bertz CT molecular complexity index is 1100. The standard InChI is InChI=1S/C16H11Cl3N4O3S/c17-9-1-3-10(4-2-9)23-27(25,26)16-12(8-20-22-16)15(24)21-11-5-6-13(18)14(19)7-11/h1-8,23H,(H,20,22)(H,21,24). The van der Waals surface area contributed by atoms with E-state index in [4.69, 9.17) is 34.8 Å². The van der Waals surface area contributed by atoms with E-state index in [1.165, 1.54) is 42.5 Å². The Morgan fingerprint density at radius 1 is 0.963 bits per heavy atom. The second-order valence-electron chi connectivity index (χ2n) is 5.31. The van der Waals surface area contributed by atoms with Gasteiger partial charge in [-0.05, 0) is 42.5 Å². The summed E-state index contributed by atoms with van der Waals surface area (Å²) in [4.78, 5) is 12.5. The number of benzene rings is 2. The molecule has 0 radical (unpaired) electrons. The summed E-state index contributed by atoms with van der Waals surface area (Å²) in [5.74, 6) is -0.682.